The molecule has 0 fully saturated rings. The second-order valence-electron chi connectivity index (χ2n) is 5.52. The first-order chi connectivity index (χ1) is 12.0. The van der Waals surface area contributed by atoms with Gasteiger partial charge in [-0.1, -0.05) is 23.7 Å². The summed E-state index contributed by atoms with van der Waals surface area (Å²) in [5.74, 6) is -0.0573. The molecule has 0 aliphatic carbocycles. The molecule has 25 heavy (non-hydrogen) atoms. The standard InChI is InChI=1S/C18H20ClFN2O3/c1-24-16-9-13(8-15(19)18(16)25-11-17(21)23)10-22-7-6-12-2-4-14(20)5-3-12/h2-5,8-9,22H,6-7,10-11H2,1H3,(H2,21,23)/p+1. The van der Waals surface area contributed by atoms with Crippen molar-refractivity contribution in [1.82, 2.24) is 0 Å². The van der Waals surface area contributed by atoms with Crippen LogP contribution in [0.3, 0.4) is 0 Å². The number of halogens is 2. The van der Waals surface area contributed by atoms with Crippen molar-refractivity contribution < 1.29 is 24.0 Å². The maximum Gasteiger partial charge on any atom is 0.255 e. The first-order valence-corrected chi connectivity index (χ1v) is 8.21. The van der Waals surface area contributed by atoms with Crippen molar-refractivity contribution in [3.05, 3.63) is 58.4 Å². The van der Waals surface area contributed by atoms with Gasteiger partial charge in [0.1, 0.15) is 12.4 Å². The van der Waals surface area contributed by atoms with Crippen molar-refractivity contribution in [2.45, 2.75) is 13.0 Å². The SMILES string of the molecule is COc1cc(C[NH2+]CCc2ccc(F)cc2)cc(Cl)c1OCC(N)=O. The first kappa shape index (κ1) is 19.0. The Hall–Kier alpha value is -2.31. The second-order valence-corrected chi connectivity index (χ2v) is 5.93. The number of ether oxygens (including phenoxy) is 2. The summed E-state index contributed by atoms with van der Waals surface area (Å²) >= 11 is 6.21. The molecule has 0 bridgehead atoms. The van der Waals surface area contributed by atoms with Crippen LogP contribution in [0.1, 0.15) is 11.1 Å². The number of methoxy groups -OCH3 is 1. The Labute approximate surface area is 150 Å². The average Bonchev–Trinajstić information content (AvgIpc) is 2.58. The maximum atomic E-state index is 12.9. The smallest absolute Gasteiger partial charge is 0.255 e. The predicted octanol–water partition coefficient (Wildman–Crippen LogP) is 1.66. The van der Waals surface area contributed by atoms with E-state index in [2.05, 4.69) is 5.32 Å². The Morgan fingerprint density at radius 1 is 1.24 bits per heavy atom. The Kier molecular flexibility index (Phi) is 7.03. The molecule has 0 aliphatic heterocycles. The molecule has 0 spiro atoms. The molecule has 0 aliphatic rings. The van der Waals surface area contributed by atoms with Crippen molar-refractivity contribution in [2.24, 2.45) is 5.73 Å². The summed E-state index contributed by atoms with van der Waals surface area (Å²) in [6.45, 7) is 1.29. The molecular formula is C18H21ClFN2O3+. The number of hydrogen-bond donors (Lipinski definition) is 2. The van der Waals surface area contributed by atoms with Crippen LogP contribution in [0.5, 0.6) is 11.5 Å². The van der Waals surface area contributed by atoms with E-state index in [-0.39, 0.29) is 12.4 Å². The van der Waals surface area contributed by atoms with E-state index < -0.39 is 5.91 Å². The van der Waals surface area contributed by atoms with Gasteiger partial charge in [0.2, 0.25) is 0 Å². The molecule has 0 atom stereocenters. The van der Waals surface area contributed by atoms with Crippen molar-refractivity contribution in [2.75, 3.05) is 20.3 Å². The number of primary amides is 1. The molecule has 7 heteroatoms. The summed E-state index contributed by atoms with van der Waals surface area (Å²) < 4.78 is 23.4. The van der Waals surface area contributed by atoms with Gasteiger partial charge in [0.25, 0.3) is 5.91 Å². The lowest BCUT2D eigenvalue weighted by Crippen LogP contribution is -2.83. The third kappa shape index (κ3) is 5.92. The van der Waals surface area contributed by atoms with E-state index in [1.165, 1.54) is 19.2 Å². The van der Waals surface area contributed by atoms with E-state index in [0.717, 1.165) is 24.1 Å². The summed E-state index contributed by atoms with van der Waals surface area (Å²) in [7, 11) is 1.50. The quantitative estimate of drug-likeness (QED) is 0.662. The molecule has 2 aromatic carbocycles. The molecule has 0 aromatic heterocycles. The van der Waals surface area contributed by atoms with E-state index >= 15 is 0 Å². The van der Waals surface area contributed by atoms with Crippen LogP contribution < -0.4 is 20.5 Å². The average molecular weight is 368 g/mol. The Bertz CT molecular complexity index is 723. The zero-order valence-electron chi connectivity index (χ0n) is 13.9. The normalized spacial score (nSPS) is 10.5. The summed E-state index contributed by atoms with van der Waals surface area (Å²) in [6, 6.07) is 10.1. The predicted molar refractivity (Wildman–Crippen MR) is 93.3 cm³/mol. The Morgan fingerprint density at radius 2 is 1.96 bits per heavy atom. The van der Waals surface area contributed by atoms with Gasteiger partial charge in [-0.15, -0.1) is 0 Å². The highest BCUT2D eigenvalue weighted by atomic mass is 35.5. The summed E-state index contributed by atoms with van der Waals surface area (Å²) in [5, 5.41) is 2.49. The van der Waals surface area contributed by atoms with E-state index in [4.69, 9.17) is 26.8 Å². The number of rotatable bonds is 9. The molecule has 0 saturated carbocycles. The zero-order chi connectivity index (χ0) is 18.2. The lowest BCUT2D eigenvalue weighted by atomic mass is 10.1. The fraction of sp³-hybridized carbons (Fsp3) is 0.278. The number of benzene rings is 2. The van der Waals surface area contributed by atoms with E-state index in [1.807, 2.05) is 6.07 Å². The largest absolute Gasteiger partial charge is 0.493 e. The topological polar surface area (TPSA) is 78.2 Å². The fourth-order valence-electron chi connectivity index (χ4n) is 2.36. The van der Waals surface area contributed by atoms with Crippen LogP contribution in [0.4, 0.5) is 4.39 Å². The maximum absolute atomic E-state index is 12.9. The highest BCUT2D eigenvalue weighted by Gasteiger charge is 2.13. The van der Waals surface area contributed by atoms with Crippen molar-refractivity contribution >= 4 is 17.5 Å². The molecule has 2 aromatic rings. The van der Waals surface area contributed by atoms with Gasteiger partial charge in [0.15, 0.2) is 18.1 Å². The van der Waals surface area contributed by atoms with Crippen LogP contribution >= 0.6 is 11.6 Å². The zero-order valence-corrected chi connectivity index (χ0v) is 14.7. The summed E-state index contributed by atoms with van der Waals surface area (Å²) in [6.07, 6.45) is 0.838. The van der Waals surface area contributed by atoms with Crippen LogP contribution in [-0.4, -0.2) is 26.2 Å². The Balaban J connectivity index is 1.92. The highest BCUT2D eigenvalue weighted by molar-refractivity contribution is 6.32. The number of nitrogens with two attached hydrogens (primary N) is 2. The minimum atomic E-state index is -0.587. The number of amides is 1. The van der Waals surface area contributed by atoms with Crippen molar-refractivity contribution in [3.8, 4) is 11.5 Å². The lowest BCUT2D eigenvalue weighted by Gasteiger charge is -2.13. The third-order valence-corrected chi connectivity index (χ3v) is 3.86. The third-order valence-electron chi connectivity index (χ3n) is 3.58. The van der Waals surface area contributed by atoms with Gasteiger partial charge in [0, 0.05) is 12.0 Å². The van der Waals surface area contributed by atoms with Gasteiger partial charge in [-0.3, -0.25) is 4.79 Å². The number of carbonyl (C=O) groups excluding carboxylic acids is 1. The van der Waals surface area contributed by atoms with Crippen molar-refractivity contribution in [1.29, 1.82) is 0 Å². The molecule has 0 heterocycles. The van der Waals surface area contributed by atoms with E-state index in [0.29, 0.717) is 23.1 Å². The lowest BCUT2D eigenvalue weighted by molar-refractivity contribution is -0.670. The van der Waals surface area contributed by atoms with Crippen LogP contribution in [0.2, 0.25) is 5.02 Å². The van der Waals surface area contributed by atoms with Crippen LogP contribution in [-0.2, 0) is 17.8 Å². The van der Waals surface area contributed by atoms with E-state index in [1.54, 1.807) is 18.2 Å². The van der Waals surface area contributed by atoms with Gasteiger partial charge in [0.05, 0.1) is 18.7 Å². The molecule has 134 valence electrons. The highest BCUT2D eigenvalue weighted by Crippen LogP contribution is 2.36. The fourth-order valence-corrected chi connectivity index (χ4v) is 2.65. The second kappa shape index (κ2) is 9.25. The first-order valence-electron chi connectivity index (χ1n) is 7.83. The van der Waals surface area contributed by atoms with Crippen LogP contribution in [0.25, 0.3) is 0 Å². The molecule has 0 unspecified atom stereocenters. The van der Waals surface area contributed by atoms with Gasteiger partial charge >= 0.3 is 0 Å². The minimum absolute atomic E-state index is 0.229. The Morgan fingerprint density at radius 3 is 2.60 bits per heavy atom. The van der Waals surface area contributed by atoms with Crippen LogP contribution in [0, 0.1) is 5.82 Å². The van der Waals surface area contributed by atoms with Crippen LogP contribution in [0.15, 0.2) is 36.4 Å². The molecule has 5 nitrogen and oxygen atoms in total. The van der Waals surface area contributed by atoms with Crippen molar-refractivity contribution in [3.63, 3.8) is 0 Å². The number of carbonyl (C=O) groups is 1. The minimum Gasteiger partial charge on any atom is -0.493 e. The van der Waals surface area contributed by atoms with Gasteiger partial charge in [-0.05, 0) is 29.8 Å². The molecule has 0 radical (unpaired) electrons. The molecular weight excluding hydrogens is 347 g/mol. The summed E-state index contributed by atoms with van der Waals surface area (Å²) in [4.78, 5) is 10.8. The number of quaternary nitrogens is 1. The van der Waals surface area contributed by atoms with E-state index in [9.17, 15) is 9.18 Å². The van der Waals surface area contributed by atoms with Gasteiger partial charge in [-0.2, -0.15) is 0 Å². The molecule has 1 amide bonds. The monoisotopic (exact) mass is 367 g/mol. The van der Waals surface area contributed by atoms with Gasteiger partial charge < -0.3 is 20.5 Å². The molecule has 2 rings (SSSR count). The molecule has 0 saturated heterocycles. The number of hydrogen-bond acceptors (Lipinski definition) is 3. The molecule has 4 N–H and O–H groups in total. The van der Waals surface area contributed by atoms with Gasteiger partial charge in [-0.25, -0.2) is 4.39 Å². The summed E-state index contributed by atoms with van der Waals surface area (Å²) in [5.41, 5.74) is 7.13.